The number of hydrogen-bond donors (Lipinski definition) is 1. The zero-order chi connectivity index (χ0) is 13.7. The van der Waals surface area contributed by atoms with Crippen molar-refractivity contribution in [3.63, 3.8) is 0 Å². The zero-order valence-electron chi connectivity index (χ0n) is 11.7. The molecule has 0 aromatic carbocycles. The van der Waals surface area contributed by atoms with Gasteiger partial charge in [-0.2, -0.15) is 0 Å². The zero-order valence-corrected chi connectivity index (χ0v) is 13.3. The molecule has 1 aromatic heterocycles. The van der Waals surface area contributed by atoms with Crippen LogP contribution in [-0.2, 0) is 11.2 Å². The predicted molar refractivity (Wildman–Crippen MR) is 78.2 cm³/mol. The summed E-state index contributed by atoms with van der Waals surface area (Å²) in [6.07, 6.45) is 0.850. The number of nitrogens with one attached hydrogen (secondary N) is 1. The van der Waals surface area contributed by atoms with E-state index in [1.165, 1.54) is 0 Å². The third-order valence-electron chi connectivity index (χ3n) is 2.69. The largest absolute Gasteiger partial charge is 0.381 e. The summed E-state index contributed by atoms with van der Waals surface area (Å²) < 4.78 is 6.24. The highest BCUT2D eigenvalue weighted by Gasteiger charge is 2.15. The molecule has 1 N–H and O–H groups in total. The summed E-state index contributed by atoms with van der Waals surface area (Å²) in [4.78, 5) is 9.17. The number of methoxy groups -OCH3 is 1. The minimum Gasteiger partial charge on any atom is -0.381 e. The van der Waals surface area contributed by atoms with Gasteiger partial charge in [0.25, 0.3) is 0 Å². The van der Waals surface area contributed by atoms with Crippen molar-refractivity contribution in [1.29, 1.82) is 0 Å². The molecule has 1 atom stereocenters. The summed E-state index contributed by atoms with van der Waals surface area (Å²) in [5.41, 5.74) is 1.04. The molecule has 0 bridgehead atoms. The first kappa shape index (κ1) is 15.4. The van der Waals surface area contributed by atoms with E-state index in [2.05, 4.69) is 52.0 Å². The Morgan fingerprint density at radius 2 is 1.94 bits per heavy atom. The Morgan fingerprint density at radius 1 is 1.28 bits per heavy atom. The van der Waals surface area contributed by atoms with Gasteiger partial charge in [0.15, 0.2) is 0 Å². The average molecular weight is 316 g/mol. The third kappa shape index (κ3) is 3.92. The molecular formula is C13H22BrN3O. The molecule has 1 unspecified atom stereocenters. The maximum Gasteiger partial charge on any atom is 0.144 e. The normalized spacial score (nSPS) is 12.8. The van der Waals surface area contributed by atoms with E-state index < -0.39 is 0 Å². The highest BCUT2D eigenvalue weighted by molar-refractivity contribution is 9.10. The van der Waals surface area contributed by atoms with E-state index in [4.69, 9.17) is 4.74 Å². The van der Waals surface area contributed by atoms with Crippen molar-refractivity contribution in [2.24, 2.45) is 0 Å². The third-order valence-corrected chi connectivity index (χ3v) is 3.47. The second-order valence-corrected chi connectivity index (χ2v) is 5.42. The van der Waals surface area contributed by atoms with Crippen LogP contribution in [0.5, 0.6) is 0 Å². The Labute approximate surface area is 118 Å². The van der Waals surface area contributed by atoms with Crippen molar-refractivity contribution >= 4 is 21.7 Å². The van der Waals surface area contributed by atoms with Crippen molar-refractivity contribution < 1.29 is 4.74 Å². The van der Waals surface area contributed by atoms with Crippen molar-refractivity contribution in [2.75, 3.05) is 19.0 Å². The molecule has 18 heavy (non-hydrogen) atoms. The predicted octanol–water partition coefficient (Wildman–Crippen LogP) is 3.37. The lowest BCUT2D eigenvalue weighted by atomic mass is 10.1. The second kappa shape index (κ2) is 7.04. The van der Waals surface area contributed by atoms with E-state index in [0.29, 0.717) is 5.92 Å². The molecule has 5 heteroatoms. The Kier molecular flexibility index (Phi) is 6.02. The summed E-state index contributed by atoms with van der Waals surface area (Å²) in [6.45, 7) is 9.18. The van der Waals surface area contributed by atoms with Gasteiger partial charge in [-0.25, -0.2) is 9.97 Å². The molecule has 1 heterocycles. The van der Waals surface area contributed by atoms with Gasteiger partial charge in [-0.3, -0.25) is 0 Å². The molecule has 0 radical (unpaired) electrons. The summed E-state index contributed by atoms with van der Waals surface area (Å²) in [5, 5.41) is 3.26. The highest BCUT2D eigenvalue weighted by Crippen LogP contribution is 2.29. The van der Waals surface area contributed by atoms with Crippen LogP contribution in [0.4, 0.5) is 5.82 Å². The molecule has 4 nitrogen and oxygen atoms in total. The Bertz CT molecular complexity index is 396. The maximum absolute atomic E-state index is 5.27. The second-order valence-electron chi connectivity index (χ2n) is 4.62. The van der Waals surface area contributed by atoms with Crippen LogP contribution >= 0.6 is 15.9 Å². The fraction of sp³-hybridized carbons (Fsp3) is 0.692. The van der Waals surface area contributed by atoms with Gasteiger partial charge in [0, 0.05) is 20.1 Å². The van der Waals surface area contributed by atoms with Crippen LogP contribution in [0, 0.1) is 0 Å². The SMILES string of the molecule is CCNc1nc(CC(C)OC)nc(C(C)C)c1Br. The minimum atomic E-state index is 0.126. The topological polar surface area (TPSA) is 47.0 Å². The van der Waals surface area contributed by atoms with Gasteiger partial charge in [0.1, 0.15) is 11.6 Å². The number of rotatable bonds is 6. The Morgan fingerprint density at radius 3 is 2.44 bits per heavy atom. The van der Waals surface area contributed by atoms with E-state index in [1.807, 2.05) is 6.92 Å². The van der Waals surface area contributed by atoms with Crippen molar-refractivity contribution in [3.8, 4) is 0 Å². The van der Waals surface area contributed by atoms with Crippen LogP contribution in [-0.4, -0.2) is 29.7 Å². The molecule has 0 aliphatic rings. The fourth-order valence-electron chi connectivity index (χ4n) is 1.61. The molecule has 0 fully saturated rings. The first-order chi connectivity index (χ1) is 8.49. The number of anilines is 1. The van der Waals surface area contributed by atoms with Crippen LogP contribution in [0.1, 0.15) is 45.1 Å². The van der Waals surface area contributed by atoms with Crippen LogP contribution < -0.4 is 5.32 Å². The molecule has 1 aromatic rings. The lowest BCUT2D eigenvalue weighted by Gasteiger charge is -2.15. The summed E-state index contributed by atoms with van der Waals surface area (Å²) >= 11 is 3.58. The molecule has 1 rings (SSSR count). The lowest BCUT2D eigenvalue weighted by Crippen LogP contribution is -2.15. The molecule has 102 valence electrons. The van der Waals surface area contributed by atoms with Crippen molar-refractivity contribution in [2.45, 2.75) is 46.1 Å². The number of ether oxygens (including phenoxy) is 1. The van der Waals surface area contributed by atoms with Crippen LogP contribution in [0.3, 0.4) is 0 Å². The highest BCUT2D eigenvalue weighted by atomic mass is 79.9. The monoisotopic (exact) mass is 315 g/mol. The van der Waals surface area contributed by atoms with Gasteiger partial charge in [-0.1, -0.05) is 13.8 Å². The molecule has 0 saturated carbocycles. The van der Waals surface area contributed by atoms with Gasteiger partial charge >= 0.3 is 0 Å². The molecule has 0 amide bonds. The van der Waals surface area contributed by atoms with E-state index >= 15 is 0 Å². The van der Waals surface area contributed by atoms with E-state index in [9.17, 15) is 0 Å². The Balaban J connectivity index is 3.11. The minimum absolute atomic E-state index is 0.126. The van der Waals surface area contributed by atoms with Gasteiger partial charge < -0.3 is 10.1 Å². The number of nitrogens with zero attached hydrogens (tertiary/aromatic N) is 2. The lowest BCUT2D eigenvalue weighted by molar-refractivity contribution is 0.117. The molecular weight excluding hydrogens is 294 g/mol. The molecule has 0 aliphatic heterocycles. The summed E-state index contributed by atoms with van der Waals surface area (Å²) in [5.74, 6) is 2.05. The fourth-order valence-corrected chi connectivity index (χ4v) is 2.39. The first-order valence-electron chi connectivity index (χ1n) is 6.32. The van der Waals surface area contributed by atoms with Crippen LogP contribution in [0.2, 0.25) is 0 Å². The van der Waals surface area contributed by atoms with Gasteiger partial charge in [0.05, 0.1) is 16.3 Å². The van der Waals surface area contributed by atoms with Crippen molar-refractivity contribution in [3.05, 3.63) is 16.0 Å². The average Bonchev–Trinajstić information content (AvgIpc) is 2.32. The van der Waals surface area contributed by atoms with E-state index in [-0.39, 0.29) is 6.10 Å². The summed E-state index contributed by atoms with van der Waals surface area (Å²) in [7, 11) is 1.71. The molecule has 0 spiro atoms. The standard InChI is InChI=1S/C13H22BrN3O/c1-6-15-13-11(14)12(8(2)3)16-10(17-13)7-9(4)18-5/h8-9H,6-7H2,1-5H3,(H,15,16,17). The molecule has 0 saturated heterocycles. The first-order valence-corrected chi connectivity index (χ1v) is 7.11. The van der Waals surface area contributed by atoms with Gasteiger partial charge in [-0.15, -0.1) is 0 Å². The maximum atomic E-state index is 5.27. The van der Waals surface area contributed by atoms with Crippen LogP contribution in [0.25, 0.3) is 0 Å². The number of aromatic nitrogens is 2. The van der Waals surface area contributed by atoms with Crippen LogP contribution in [0.15, 0.2) is 4.47 Å². The summed E-state index contributed by atoms with van der Waals surface area (Å²) in [6, 6.07) is 0. The smallest absolute Gasteiger partial charge is 0.144 e. The Hall–Kier alpha value is -0.680. The number of hydrogen-bond acceptors (Lipinski definition) is 4. The van der Waals surface area contributed by atoms with E-state index in [1.54, 1.807) is 7.11 Å². The van der Waals surface area contributed by atoms with Crippen molar-refractivity contribution in [1.82, 2.24) is 9.97 Å². The van der Waals surface area contributed by atoms with Gasteiger partial charge in [0.2, 0.25) is 0 Å². The number of halogens is 1. The molecule has 0 aliphatic carbocycles. The van der Waals surface area contributed by atoms with Gasteiger partial charge in [-0.05, 0) is 35.7 Å². The van der Waals surface area contributed by atoms with E-state index in [0.717, 1.165) is 34.8 Å². The quantitative estimate of drug-likeness (QED) is 0.874.